The quantitative estimate of drug-likeness (QED) is 0.0867. The van der Waals surface area contributed by atoms with Crippen LogP contribution in [0.2, 0.25) is 0 Å². The van der Waals surface area contributed by atoms with Crippen LogP contribution in [-0.4, -0.2) is 29.0 Å². The topological polar surface area (TPSA) is 107 Å². The fraction of sp³-hybridized carbons (Fsp3) is 0. The number of nitrogens with one attached hydrogen (secondary N) is 1. The summed E-state index contributed by atoms with van der Waals surface area (Å²) in [5.41, 5.74) is 4.42. The van der Waals surface area contributed by atoms with Crippen LogP contribution in [0.1, 0.15) is 36.8 Å². The number of hydrogen-bond acceptors (Lipinski definition) is 7. The maximum absolute atomic E-state index is 12.9. The molecule has 41 heavy (non-hydrogen) atoms. The van der Waals surface area contributed by atoms with Crippen LogP contribution in [0, 0.1) is 0 Å². The molecule has 0 aliphatic rings. The Hall–Kier alpha value is -4.67. The van der Waals surface area contributed by atoms with Crippen molar-refractivity contribution in [2.24, 2.45) is 5.10 Å². The number of carbonyl (C=O) groups excluding carboxylic acids is 3. The molecule has 0 spiro atoms. The molecule has 0 saturated heterocycles. The van der Waals surface area contributed by atoms with E-state index in [4.69, 9.17) is 9.47 Å². The SMILES string of the molecule is O=C(Oc1ccc(/C=N/NC(=O)c2ccc3ccccc3n2)cc1OC(=O)c1ccc(Br)cc1)c1ccc(Br)cc1. The number of fused-ring (bicyclic) bond motifs is 1. The fourth-order valence-corrected chi connectivity index (χ4v) is 4.20. The number of halogens is 2. The normalized spacial score (nSPS) is 10.9. The summed E-state index contributed by atoms with van der Waals surface area (Å²) in [5.74, 6) is -1.74. The first-order valence-electron chi connectivity index (χ1n) is 12.1. The van der Waals surface area contributed by atoms with E-state index >= 15 is 0 Å². The molecule has 0 unspecified atom stereocenters. The Morgan fingerprint density at radius 2 is 1.32 bits per heavy atom. The van der Waals surface area contributed by atoms with E-state index in [1.54, 1.807) is 66.7 Å². The predicted molar refractivity (Wildman–Crippen MR) is 161 cm³/mol. The third-order valence-electron chi connectivity index (χ3n) is 5.74. The Kier molecular flexibility index (Phi) is 8.61. The zero-order valence-electron chi connectivity index (χ0n) is 21.1. The lowest BCUT2D eigenvalue weighted by molar-refractivity contribution is 0.0682. The molecule has 202 valence electrons. The van der Waals surface area contributed by atoms with Crippen molar-refractivity contribution in [2.75, 3.05) is 0 Å². The van der Waals surface area contributed by atoms with E-state index in [0.29, 0.717) is 22.2 Å². The summed E-state index contributed by atoms with van der Waals surface area (Å²) >= 11 is 6.67. The summed E-state index contributed by atoms with van der Waals surface area (Å²) in [5, 5.41) is 4.93. The second kappa shape index (κ2) is 12.7. The van der Waals surface area contributed by atoms with Crippen LogP contribution in [0.3, 0.4) is 0 Å². The molecule has 1 heterocycles. The maximum atomic E-state index is 12.9. The van der Waals surface area contributed by atoms with Crippen molar-refractivity contribution >= 4 is 66.8 Å². The average Bonchev–Trinajstić information content (AvgIpc) is 2.98. The lowest BCUT2D eigenvalue weighted by Gasteiger charge is -2.12. The minimum atomic E-state index is -0.650. The maximum Gasteiger partial charge on any atom is 0.343 e. The zero-order chi connectivity index (χ0) is 28.8. The highest BCUT2D eigenvalue weighted by Gasteiger charge is 2.17. The predicted octanol–water partition coefficient (Wildman–Crippen LogP) is 6.96. The number of ether oxygens (including phenoxy) is 2. The molecular weight excluding hydrogens is 654 g/mol. The van der Waals surface area contributed by atoms with Crippen molar-refractivity contribution in [2.45, 2.75) is 0 Å². The summed E-state index contributed by atoms with van der Waals surface area (Å²) in [6, 6.07) is 28.7. The number of esters is 2. The molecule has 0 aliphatic heterocycles. The number of aromatic nitrogens is 1. The van der Waals surface area contributed by atoms with E-state index in [0.717, 1.165) is 14.3 Å². The number of pyridine rings is 1. The Morgan fingerprint density at radius 1 is 0.707 bits per heavy atom. The molecule has 0 radical (unpaired) electrons. The smallest absolute Gasteiger partial charge is 0.343 e. The van der Waals surface area contributed by atoms with Gasteiger partial charge in [0.15, 0.2) is 11.5 Å². The number of carbonyl (C=O) groups is 3. The lowest BCUT2D eigenvalue weighted by atomic mass is 10.2. The largest absolute Gasteiger partial charge is 0.419 e. The minimum Gasteiger partial charge on any atom is -0.419 e. The average molecular weight is 673 g/mol. The molecule has 8 nitrogen and oxygen atoms in total. The van der Waals surface area contributed by atoms with Gasteiger partial charge in [-0.05, 0) is 84.4 Å². The van der Waals surface area contributed by atoms with Gasteiger partial charge in [-0.25, -0.2) is 20.0 Å². The molecule has 0 bridgehead atoms. The molecule has 1 N–H and O–H groups in total. The summed E-state index contributed by atoms with van der Waals surface area (Å²) in [6.07, 6.45) is 1.37. The van der Waals surface area contributed by atoms with Gasteiger partial charge in [-0.15, -0.1) is 0 Å². The van der Waals surface area contributed by atoms with Crippen LogP contribution in [0.4, 0.5) is 0 Å². The first-order chi connectivity index (χ1) is 19.9. The molecule has 5 aromatic rings. The van der Waals surface area contributed by atoms with Crippen molar-refractivity contribution in [3.05, 3.63) is 134 Å². The number of nitrogens with zero attached hydrogens (tertiary/aromatic N) is 2. The molecule has 0 saturated carbocycles. The number of amides is 1. The van der Waals surface area contributed by atoms with E-state index < -0.39 is 17.8 Å². The van der Waals surface area contributed by atoms with Gasteiger partial charge in [0.25, 0.3) is 5.91 Å². The number of para-hydroxylation sites is 1. The highest BCUT2D eigenvalue weighted by Crippen LogP contribution is 2.30. The number of hydrogen-bond donors (Lipinski definition) is 1. The first kappa shape index (κ1) is 27.9. The highest BCUT2D eigenvalue weighted by atomic mass is 79.9. The summed E-state index contributed by atoms with van der Waals surface area (Å²) in [6.45, 7) is 0. The first-order valence-corrected chi connectivity index (χ1v) is 13.7. The van der Waals surface area contributed by atoms with Gasteiger partial charge in [0, 0.05) is 14.3 Å². The zero-order valence-corrected chi connectivity index (χ0v) is 24.3. The van der Waals surface area contributed by atoms with Gasteiger partial charge < -0.3 is 9.47 Å². The Morgan fingerprint density at radius 3 is 1.98 bits per heavy atom. The second-order valence-corrected chi connectivity index (χ2v) is 10.4. The Labute approximate surface area is 251 Å². The molecule has 5 rings (SSSR count). The van der Waals surface area contributed by atoms with Crippen LogP contribution in [-0.2, 0) is 0 Å². The number of rotatable bonds is 7. The fourth-order valence-electron chi connectivity index (χ4n) is 3.67. The van der Waals surface area contributed by atoms with E-state index in [1.165, 1.54) is 18.3 Å². The van der Waals surface area contributed by atoms with Crippen LogP contribution in [0.5, 0.6) is 11.5 Å². The Balaban J connectivity index is 1.36. The van der Waals surface area contributed by atoms with Crippen molar-refractivity contribution < 1.29 is 23.9 Å². The third kappa shape index (κ3) is 7.10. The van der Waals surface area contributed by atoms with Gasteiger partial charge in [-0.1, -0.05) is 56.1 Å². The summed E-state index contributed by atoms with van der Waals surface area (Å²) < 4.78 is 12.8. The van der Waals surface area contributed by atoms with E-state index in [2.05, 4.69) is 47.4 Å². The van der Waals surface area contributed by atoms with E-state index in [9.17, 15) is 14.4 Å². The summed E-state index contributed by atoms with van der Waals surface area (Å²) in [4.78, 5) is 42.5. The van der Waals surface area contributed by atoms with E-state index in [1.807, 2.05) is 24.3 Å². The van der Waals surface area contributed by atoms with Crippen LogP contribution < -0.4 is 14.9 Å². The molecule has 10 heteroatoms. The lowest BCUT2D eigenvalue weighted by Crippen LogP contribution is -2.19. The van der Waals surface area contributed by atoms with Crippen molar-refractivity contribution in [3.8, 4) is 11.5 Å². The van der Waals surface area contributed by atoms with Crippen LogP contribution in [0.15, 0.2) is 117 Å². The number of benzene rings is 4. The van der Waals surface area contributed by atoms with Gasteiger partial charge in [-0.2, -0.15) is 5.10 Å². The van der Waals surface area contributed by atoms with Gasteiger partial charge in [-0.3, -0.25) is 4.79 Å². The number of hydrazone groups is 1. The van der Waals surface area contributed by atoms with Crippen LogP contribution in [0.25, 0.3) is 10.9 Å². The summed E-state index contributed by atoms with van der Waals surface area (Å²) in [7, 11) is 0. The van der Waals surface area contributed by atoms with E-state index in [-0.39, 0.29) is 17.2 Å². The molecule has 0 aliphatic carbocycles. The Bertz CT molecular complexity index is 1790. The van der Waals surface area contributed by atoms with Gasteiger partial charge in [0.2, 0.25) is 0 Å². The molecule has 0 fully saturated rings. The molecule has 1 aromatic heterocycles. The van der Waals surface area contributed by atoms with Gasteiger partial charge in [0.1, 0.15) is 5.69 Å². The highest BCUT2D eigenvalue weighted by molar-refractivity contribution is 9.10. The van der Waals surface area contributed by atoms with Gasteiger partial charge >= 0.3 is 11.9 Å². The second-order valence-electron chi connectivity index (χ2n) is 8.59. The minimum absolute atomic E-state index is 0.00477. The standard InChI is InChI=1S/C31H19Br2N3O5/c32-23-11-6-21(7-12-23)30(38)40-27-16-5-19(17-28(27)41-31(39)22-8-13-24(33)14-9-22)18-34-36-29(37)26-15-10-20-3-1-2-4-25(20)35-26/h1-18H,(H,36,37)/b34-18+. The molecule has 0 atom stereocenters. The van der Waals surface area contributed by atoms with Crippen LogP contribution >= 0.6 is 31.9 Å². The van der Waals surface area contributed by atoms with Crippen molar-refractivity contribution in [3.63, 3.8) is 0 Å². The molecular formula is C31H19Br2N3O5. The van der Waals surface area contributed by atoms with Crippen molar-refractivity contribution in [1.29, 1.82) is 0 Å². The monoisotopic (exact) mass is 671 g/mol. The molecule has 1 amide bonds. The molecule has 4 aromatic carbocycles. The van der Waals surface area contributed by atoms with Gasteiger partial charge in [0.05, 0.1) is 22.9 Å². The van der Waals surface area contributed by atoms with Crippen molar-refractivity contribution in [1.82, 2.24) is 10.4 Å². The third-order valence-corrected chi connectivity index (χ3v) is 6.80.